The Labute approximate surface area is 567 Å². The molecule has 89 heavy (non-hydrogen) atoms. The Morgan fingerprint density at radius 2 is 0.494 bits per heavy atom. The summed E-state index contributed by atoms with van der Waals surface area (Å²) in [6, 6.07) is 5.29. The van der Waals surface area contributed by atoms with E-state index >= 15 is 0 Å². The zero-order valence-corrected chi connectivity index (χ0v) is 82.1. The van der Waals surface area contributed by atoms with Crippen molar-refractivity contribution in [2.45, 2.75) is 330 Å². The van der Waals surface area contributed by atoms with Crippen LogP contribution in [0.15, 0.2) is 0 Å². The van der Waals surface area contributed by atoms with E-state index in [-0.39, 0.29) is 23.8 Å². The van der Waals surface area contributed by atoms with Crippen LogP contribution in [-0.2, 0) is 68.1 Å². The van der Waals surface area contributed by atoms with Gasteiger partial charge in [-0.15, -0.1) is 0 Å². The molecule has 2 atom stereocenters. The molecule has 0 aliphatic carbocycles. The minimum absolute atomic E-state index is 0.208. The number of hydrogen-bond donors (Lipinski definition) is 0. The summed E-state index contributed by atoms with van der Waals surface area (Å²) in [5.74, 6) is -1.09. The predicted octanol–water partition coefficient (Wildman–Crippen LogP) is 19.6. The topological polar surface area (TPSA) is 163 Å². The van der Waals surface area contributed by atoms with E-state index in [0.717, 1.165) is 31.0 Å². The van der Waals surface area contributed by atoms with Gasteiger partial charge < -0.3 is 58.5 Å². The first kappa shape index (κ1) is 91.1. The maximum Gasteiger partial charge on any atom is 0.469 e. The smallest absolute Gasteiger partial charge is 0.469 e. The Balaban J connectivity index is 8.68. The molecule has 16 nitrogen and oxygen atoms in total. The second-order valence-electron chi connectivity index (χ2n) is 36.7. The Hall–Kier alpha value is 2.15. The number of unbranched alkanes of at least 4 members (excludes halogenated alkanes) is 1. The molecule has 0 spiro atoms. The summed E-state index contributed by atoms with van der Waals surface area (Å²) in [6.07, 6.45) is 3.56. The van der Waals surface area contributed by atoms with Gasteiger partial charge in [-0.3, -0.25) is 9.59 Å². The number of esters is 1. The highest BCUT2D eigenvalue weighted by Crippen LogP contribution is 2.42. The number of carbonyl (C=O) groups excluding carboxylic acids is 2. The molecule has 0 heterocycles. The van der Waals surface area contributed by atoms with E-state index in [1.807, 2.05) is 13.8 Å². The molecule has 0 aromatic rings. The molecular formula is C56H144O16Si17. The largest absolute Gasteiger partial charge is 0.519 e. The Morgan fingerprint density at radius 3 is 0.719 bits per heavy atom. The third-order valence-electron chi connectivity index (χ3n) is 12.8. The van der Waals surface area contributed by atoms with Gasteiger partial charge in [0.15, 0.2) is 99.8 Å². The molecule has 532 valence electrons. The van der Waals surface area contributed by atoms with E-state index in [2.05, 4.69) is 236 Å². The zero-order chi connectivity index (χ0) is 70.6. The van der Waals surface area contributed by atoms with Gasteiger partial charge in [0, 0.05) is 24.2 Å². The zero-order valence-electron chi connectivity index (χ0n) is 65.1. The van der Waals surface area contributed by atoms with E-state index in [4.69, 9.17) is 58.5 Å². The van der Waals surface area contributed by atoms with Crippen LogP contribution in [0.1, 0.15) is 52.9 Å². The van der Waals surface area contributed by atoms with Crippen molar-refractivity contribution in [1.29, 1.82) is 0 Å². The van der Waals surface area contributed by atoms with Crippen molar-refractivity contribution in [3.8, 4) is 0 Å². The van der Waals surface area contributed by atoms with Crippen LogP contribution in [0.3, 0.4) is 0 Å². The van der Waals surface area contributed by atoms with Crippen molar-refractivity contribution in [2.75, 3.05) is 6.61 Å². The summed E-state index contributed by atoms with van der Waals surface area (Å²) in [7, 11) is -44.8. The maximum atomic E-state index is 14.1. The minimum atomic E-state index is -3.84. The van der Waals surface area contributed by atoms with E-state index in [1.54, 1.807) is 0 Å². The summed E-state index contributed by atoms with van der Waals surface area (Å²) in [4.78, 5) is 26.9. The molecule has 0 radical (unpaired) electrons. The first-order chi connectivity index (χ1) is 39.0. The number of carbonyl (C=O) groups is 2. The van der Waals surface area contributed by atoms with Gasteiger partial charge >= 0.3 is 41.2 Å². The first-order valence-corrected chi connectivity index (χ1v) is 84.7. The highest BCUT2D eigenvalue weighted by Gasteiger charge is 2.59. The Kier molecular flexibility index (Phi) is 35.3. The van der Waals surface area contributed by atoms with Crippen LogP contribution in [0.4, 0.5) is 0 Å². The maximum absolute atomic E-state index is 14.1. The van der Waals surface area contributed by atoms with Gasteiger partial charge in [0.05, 0.1) is 18.4 Å². The second kappa shape index (κ2) is 34.5. The fourth-order valence-corrected chi connectivity index (χ4v) is 80.2. The van der Waals surface area contributed by atoms with Crippen molar-refractivity contribution in [2.24, 2.45) is 11.8 Å². The van der Waals surface area contributed by atoms with Crippen LogP contribution in [0.25, 0.3) is 0 Å². The van der Waals surface area contributed by atoms with Crippen molar-refractivity contribution < 1.29 is 68.1 Å². The van der Waals surface area contributed by atoms with E-state index < -0.39 is 143 Å². The SMILES string of the molecule is CCCCOC(=O)C(C)CCC(C)C(=O)O[Si](C)(C)CCC[Si](O[Si](C)(C)CC[Si](O[Si](C)(C)C)(O[Si](C)(C)C)O[Si](C)(C)C)(O[Si](C)(C)CC[Si](O[Si](C)(C)C)(O[Si](C)(C)C)O[Si](C)(C)C)O[Si](C)(C)CC[Si](O[Si](C)(C)C)(O[Si](C)(C)C)O[Si](C)(C)C. The number of ether oxygens (including phenoxy) is 1. The molecule has 0 amide bonds. The van der Waals surface area contributed by atoms with Crippen LogP contribution in [0, 0.1) is 11.8 Å². The van der Waals surface area contributed by atoms with Crippen LogP contribution >= 0.6 is 0 Å². The molecule has 33 heteroatoms. The molecule has 0 saturated carbocycles. The third-order valence-corrected chi connectivity index (χ3v) is 68.1. The molecule has 0 aromatic carbocycles. The van der Waals surface area contributed by atoms with Crippen LogP contribution in [0.5, 0.6) is 0 Å². The number of rotatable bonds is 46. The summed E-state index contributed by atoms with van der Waals surface area (Å²) < 4.78 is 103. The lowest BCUT2D eigenvalue weighted by Crippen LogP contribution is -2.64. The summed E-state index contributed by atoms with van der Waals surface area (Å²) in [5, 5.41) is 0. The van der Waals surface area contributed by atoms with Crippen LogP contribution in [-0.4, -0.2) is 162 Å². The molecule has 0 bridgehead atoms. The van der Waals surface area contributed by atoms with E-state index in [1.165, 1.54) is 0 Å². The van der Waals surface area contributed by atoms with Crippen LogP contribution < -0.4 is 0 Å². The molecule has 2 unspecified atom stereocenters. The average molecular weight is 1550 g/mol. The van der Waals surface area contributed by atoms with Crippen molar-refractivity contribution in [1.82, 2.24) is 0 Å². The molecular weight excluding hydrogens is 1410 g/mol. The Morgan fingerprint density at radius 1 is 0.270 bits per heavy atom. The first-order valence-electron chi connectivity index (χ1n) is 33.8. The molecule has 0 aliphatic heterocycles. The standard InChI is InChI=1S/C56H144O16Si17/c1-39-40-44-59-55(57)53(2)42-43-54(3)56(58)60-82(31,32)45-41-46-86(70-83(33,34)47-50-87(61-73(4,5)6,62-74(7,8)9)63-75(10,11)12,71-84(35,36)48-51-88(64-76(13,14)15,65-77(16,17)18)66-78(19,20)21)72-85(37,38)49-52-89(67-79(22,23)24,68-80(25,26)27)69-81(28,29)30/h53-54H,39-52H2,1-38H3. The predicted molar refractivity (Wildman–Crippen MR) is 419 cm³/mol. The lowest BCUT2D eigenvalue weighted by molar-refractivity contribution is -0.149. The highest BCUT2D eigenvalue weighted by atomic mass is 28.5. The summed E-state index contributed by atoms with van der Waals surface area (Å²) in [5.41, 5.74) is 0. The quantitative estimate of drug-likeness (QED) is 0.0321. The third kappa shape index (κ3) is 44.0. The number of hydrogen-bond acceptors (Lipinski definition) is 16. The fourth-order valence-electron chi connectivity index (χ4n) is 10.2. The summed E-state index contributed by atoms with van der Waals surface area (Å²) in [6.45, 7) is 85.3. The molecule has 0 saturated heterocycles. The Bertz CT molecular complexity index is 1830. The normalized spacial score (nSPS) is 15.8. The molecule has 0 aromatic heterocycles. The fraction of sp³-hybridized carbons (Fsp3) is 0.964. The van der Waals surface area contributed by atoms with Gasteiger partial charge in [0.1, 0.15) is 0 Å². The molecule has 0 aliphatic rings. The lowest BCUT2D eigenvalue weighted by atomic mass is 9.98. The minimum Gasteiger partial charge on any atom is -0.519 e. The lowest BCUT2D eigenvalue weighted by Gasteiger charge is -2.48. The van der Waals surface area contributed by atoms with Crippen molar-refractivity contribution >= 4 is 155 Å². The van der Waals surface area contributed by atoms with Crippen molar-refractivity contribution in [3.63, 3.8) is 0 Å². The monoisotopic (exact) mass is 1550 g/mol. The van der Waals surface area contributed by atoms with E-state index in [0.29, 0.717) is 56.1 Å². The van der Waals surface area contributed by atoms with Crippen LogP contribution in [0.2, 0.25) is 277 Å². The van der Waals surface area contributed by atoms with Gasteiger partial charge in [-0.05, 0) is 279 Å². The second-order valence-corrected chi connectivity index (χ2v) is 108. The highest BCUT2D eigenvalue weighted by molar-refractivity contribution is 6.96. The average Bonchev–Trinajstić information content (AvgIpc) is 1.18. The molecule has 0 N–H and O–H groups in total. The van der Waals surface area contributed by atoms with Gasteiger partial charge in [0.25, 0.3) is 5.97 Å². The van der Waals surface area contributed by atoms with E-state index in [9.17, 15) is 9.59 Å². The van der Waals surface area contributed by atoms with Gasteiger partial charge in [-0.1, -0.05) is 27.2 Å². The molecule has 0 rings (SSSR count). The van der Waals surface area contributed by atoms with Crippen molar-refractivity contribution in [3.05, 3.63) is 0 Å². The van der Waals surface area contributed by atoms with Gasteiger partial charge in [-0.25, -0.2) is 0 Å². The van der Waals surface area contributed by atoms with Gasteiger partial charge in [-0.2, -0.15) is 0 Å². The van der Waals surface area contributed by atoms with Gasteiger partial charge in [0.2, 0.25) is 8.32 Å². The molecule has 0 fully saturated rings. The summed E-state index contributed by atoms with van der Waals surface area (Å²) >= 11 is 0.